The van der Waals surface area contributed by atoms with E-state index in [9.17, 15) is 14.0 Å². The van der Waals surface area contributed by atoms with Gasteiger partial charge in [0.1, 0.15) is 12.4 Å². The molecular weight excluding hydrogens is 477 g/mol. The third-order valence-corrected chi connectivity index (χ3v) is 7.05. The lowest BCUT2D eigenvalue weighted by molar-refractivity contribution is -0.144. The molecular formula is C28H34FN3O5. The highest BCUT2D eigenvalue weighted by molar-refractivity contribution is 6.03. The monoisotopic (exact) mass is 511 g/mol. The van der Waals surface area contributed by atoms with E-state index in [1.54, 1.807) is 56.6 Å². The SMILES string of the molecule is COCCN(CC(=O)N1N=C(c2ccccc2F)C[C@@H]1c1ccc(OC)c(OC)c1)C(=O)C1CCCC1. The van der Waals surface area contributed by atoms with Gasteiger partial charge in [-0.05, 0) is 36.6 Å². The number of benzene rings is 2. The summed E-state index contributed by atoms with van der Waals surface area (Å²) in [5.74, 6) is 0.244. The fraction of sp³-hybridized carbons (Fsp3) is 0.464. The van der Waals surface area contributed by atoms with Gasteiger partial charge >= 0.3 is 0 Å². The number of hydrazone groups is 1. The van der Waals surface area contributed by atoms with Crippen LogP contribution in [0.3, 0.4) is 0 Å². The maximum Gasteiger partial charge on any atom is 0.262 e. The van der Waals surface area contributed by atoms with Gasteiger partial charge in [0.2, 0.25) is 5.91 Å². The highest BCUT2D eigenvalue weighted by Crippen LogP contribution is 2.38. The molecule has 1 fully saturated rings. The molecule has 0 N–H and O–H groups in total. The number of halogens is 1. The quantitative estimate of drug-likeness (QED) is 0.478. The molecule has 0 saturated heterocycles. The van der Waals surface area contributed by atoms with Crippen molar-refractivity contribution >= 4 is 17.5 Å². The molecule has 0 radical (unpaired) electrons. The first-order valence-corrected chi connectivity index (χ1v) is 12.6. The molecule has 1 aliphatic carbocycles. The molecule has 198 valence electrons. The second-order valence-electron chi connectivity index (χ2n) is 9.33. The molecule has 2 aliphatic rings. The normalized spacial score (nSPS) is 17.6. The zero-order valence-electron chi connectivity index (χ0n) is 21.6. The van der Waals surface area contributed by atoms with Gasteiger partial charge in [-0.15, -0.1) is 0 Å². The number of nitrogens with zero attached hydrogens (tertiary/aromatic N) is 3. The summed E-state index contributed by atoms with van der Waals surface area (Å²) in [4.78, 5) is 28.5. The molecule has 1 aliphatic heterocycles. The van der Waals surface area contributed by atoms with Crippen LogP contribution in [0.4, 0.5) is 4.39 Å². The Balaban J connectivity index is 1.65. The number of carbonyl (C=O) groups is 2. The minimum absolute atomic E-state index is 0.0249. The molecule has 9 heteroatoms. The Bertz CT molecular complexity index is 1150. The van der Waals surface area contributed by atoms with Crippen molar-refractivity contribution in [3.8, 4) is 11.5 Å². The fourth-order valence-electron chi connectivity index (χ4n) is 5.05. The summed E-state index contributed by atoms with van der Waals surface area (Å²) in [7, 11) is 4.67. The van der Waals surface area contributed by atoms with Gasteiger partial charge in [-0.25, -0.2) is 9.40 Å². The third kappa shape index (κ3) is 5.93. The van der Waals surface area contributed by atoms with E-state index in [0.29, 0.717) is 42.3 Å². The van der Waals surface area contributed by atoms with Crippen molar-refractivity contribution in [3.63, 3.8) is 0 Å². The van der Waals surface area contributed by atoms with Crippen molar-refractivity contribution < 1.29 is 28.2 Å². The average Bonchev–Trinajstić information content (AvgIpc) is 3.61. The van der Waals surface area contributed by atoms with Crippen LogP contribution in [0.15, 0.2) is 47.6 Å². The Kier molecular flexibility index (Phi) is 8.76. The summed E-state index contributed by atoms with van der Waals surface area (Å²) >= 11 is 0. The molecule has 0 unspecified atom stereocenters. The largest absolute Gasteiger partial charge is 0.493 e. The topological polar surface area (TPSA) is 80.7 Å². The second-order valence-corrected chi connectivity index (χ2v) is 9.33. The zero-order valence-corrected chi connectivity index (χ0v) is 21.6. The molecule has 0 bridgehead atoms. The van der Waals surface area contributed by atoms with Crippen LogP contribution in [-0.2, 0) is 14.3 Å². The second kappa shape index (κ2) is 12.2. The van der Waals surface area contributed by atoms with Crippen LogP contribution < -0.4 is 9.47 Å². The van der Waals surface area contributed by atoms with Gasteiger partial charge in [0, 0.05) is 31.6 Å². The maximum absolute atomic E-state index is 14.7. The third-order valence-electron chi connectivity index (χ3n) is 7.05. The van der Waals surface area contributed by atoms with Gasteiger partial charge in [0.05, 0.1) is 32.6 Å². The fourth-order valence-corrected chi connectivity index (χ4v) is 5.05. The molecule has 4 rings (SSSR count). The lowest BCUT2D eigenvalue weighted by atomic mass is 9.97. The average molecular weight is 512 g/mol. The van der Waals surface area contributed by atoms with Crippen molar-refractivity contribution in [2.45, 2.75) is 38.1 Å². The van der Waals surface area contributed by atoms with Crippen molar-refractivity contribution in [1.82, 2.24) is 9.91 Å². The number of amides is 2. The van der Waals surface area contributed by atoms with E-state index in [0.717, 1.165) is 31.2 Å². The Morgan fingerprint density at radius 2 is 1.78 bits per heavy atom. The molecule has 1 atom stereocenters. The summed E-state index contributed by atoms with van der Waals surface area (Å²) in [5.41, 5.74) is 1.59. The van der Waals surface area contributed by atoms with Gasteiger partial charge in [-0.1, -0.05) is 37.1 Å². The van der Waals surface area contributed by atoms with Gasteiger partial charge in [-0.2, -0.15) is 5.10 Å². The van der Waals surface area contributed by atoms with Crippen molar-refractivity contribution in [1.29, 1.82) is 0 Å². The van der Waals surface area contributed by atoms with Crippen molar-refractivity contribution in [2.75, 3.05) is 41.0 Å². The number of hydrogen-bond acceptors (Lipinski definition) is 6. The van der Waals surface area contributed by atoms with Crippen LogP contribution in [-0.4, -0.2) is 68.5 Å². The maximum atomic E-state index is 14.7. The summed E-state index contributed by atoms with van der Waals surface area (Å²) in [6, 6.07) is 11.3. The number of hydrogen-bond donors (Lipinski definition) is 0. The summed E-state index contributed by atoms with van der Waals surface area (Å²) in [5, 5.41) is 5.96. The molecule has 1 heterocycles. The standard InChI is InChI=1S/C28H34FN3O5/c1-35-15-14-31(28(34)19-8-4-5-9-19)18-27(33)32-24(20-12-13-25(36-2)26(16-20)37-3)17-23(30-32)21-10-6-7-11-22(21)29/h6-7,10-13,16,19,24H,4-5,8-9,14-15,17-18H2,1-3H3/t24-/m1/s1. The summed E-state index contributed by atoms with van der Waals surface area (Å²) in [6.45, 7) is 0.515. The molecule has 2 amide bonds. The minimum atomic E-state index is -0.493. The van der Waals surface area contributed by atoms with E-state index in [2.05, 4.69) is 5.10 Å². The van der Waals surface area contributed by atoms with E-state index >= 15 is 0 Å². The first kappa shape index (κ1) is 26.6. The summed E-state index contributed by atoms with van der Waals surface area (Å²) in [6.07, 6.45) is 4.03. The Morgan fingerprint density at radius 1 is 1.05 bits per heavy atom. The zero-order chi connectivity index (χ0) is 26.4. The van der Waals surface area contributed by atoms with E-state index < -0.39 is 11.9 Å². The van der Waals surface area contributed by atoms with E-state index in [1.165, 1.54) is 11.1 Å². The van der Waals surface area contributed by atoms with Crippen LogP contribution in [0.5, 0.6) is 11.5 Å². The summed E-state index contributed by atoms with van der Waals surface area (Å²) < 4.78 is 30.7. The Labute approximate surface area is 217 Å². The highest BCUT2D eigenvalue weighted by Gasteiger charge is 2.36. The number of rotatable bonds is 10. The Hall–Kier alpha value is -3.46. The van der Waals surface area contributed by atoms with Gasteiger partial charge < -0.3 is 19.1 Å². The lowest BCUT2D eigenvalue weighted by Crippen LogP contribution is -2.44. The number of carbonyl (C=O) groups excluding carboxylic acids is 2. The van der Waals surface area contributed by atoms with Gasteiger partial charge in [-0.3, -0.25) is 9.59 Å². The molecule has 2 aromatic carbocycles. The van der Waals surface area contributed by atoms with Crippen LogP contribution in [0.25, 0.3) is 0 Å². The molecule has 2 aromatic rings. The number of ether oxygens (including phenoxy) is 3. The van der Waals surface area contributed by atoms with E-state index in [-0.39, 0.29) is 24.3 Å². The van der Waals surface area contributed by atoms with Crippen LogP contribution in [0.1, 0.15) is 49.3 Å². The number of methoxy groups -OCH3 is 3. The van der Waals surface area contributed by atoms with Gasteiger partial charge in [0.25, 0.3) is 5.91 Å². The smallest absolute Gasteiger partial charge is 0.262 e. The van der Waals surface area contributed by atoms with Crippen molar-refractivity contribution in [2.24, 2.45) is 11.0 Å². The lowest BCUT2D eigenvalue weighted by Gasteiger charge is -2.28. The van der Waals surface area contributed by atoms with Crippen LogP contribution >= 0.6 is 0 Å². The van der Waals surface area contributed by atoms with Crippen LogP contribution in [0, 0.1) is 11.7 Å². The first-order valence-electron chi connectivity index (χ1n) is 12.6. The molecule has 37 heavy (non-hydrogen) atoms. The van der Waals surface area contributed by atoms with E-state index in [1.807, 2.05) is 6.07 Å². The molecule has 0 spiro atoms. The van der Waals surface area contributed by atoms with Gasteiger partial charge in [0.15, 0.2) is 11.5 Å². The predicted octanol–water partition coefficient (Wildman–Crippen LogP) is 4.19. The van der Waals surface area contributed by atoms with Crippen molar-refractivity contribution in [3.05, 3.63) is 59.4 Å². The molecule has 0 aromatic heterocycles. The van der Waals surface area contributed by atoms with E-state index in [4.69, 9.17) is 14.2 Å². The minimum Gasteiger partial charge on any atom is -0.493 e. The molecule has 8 nitrogen and oxygen atoms in total. The Morgan fingerprint density at radius 3 is 2.46 bits per heavy atom. The predicted molar refractivity (Wildman–Crippen MR) is 137 cm³/mol. The first-order chi connectivity index (χ1) is 18.0. The molecule has 1 saturated carbocycles. The van der Waals surface area contributed by atoms with Crippen LogP contribution in [0.2, 0.25) is 0 Å². The highest BCUT2D eigenvalue weighted by atomic mass is 19.1.